The van der Waals surface area contributed by atoms with Gasteiger partial charge in [-0.15, -0.1) is 11.8 Å². The van der Waals surface area contributed by atoms with E-state index in [4.69, 9.17) is 25.8 Å². The lowest BCUT2D eigenvalue weighted by Crippen LogP contribution is -2.16. The first-order chi connectivity index (χ1) is 15.4. The summed E-state index contributed by atoms with van der Waals surface area (Å²) in [5, 5.41) is 20.5. The zero-order valence-corrected chi connectivity index (χ0v) is 19.4. The minimum Gasteiger partial charge on any atom is -0.493 e. The van der Waals surface area contributed by atoms with Gasteiger partial charge in [-0.05, 0) is 30.3 Å². The Kier molecular flexibility index (Phi) is 8.09. The fourth-order valence-electron chi connectivity index (χ4n) is 3.15. The molecule has 0 spiro atoms. The molecular weight excluding hydrogens is 454 g/mol. The Bertz CT molecular complexity index is 1120. The summed E-state index contributed by atoms with van der Waals surface area (Å²) in [6, 6.07) is 8.61. The summed E-state index contributed by atoms with van der Waals surface area (Å²) in [5.74, 6) is 0.956. The molecule has 1 unspecified atom stereocenters. The molecule has 0 saturated heterocycles. The maximum absolute atomic E-state index is 13.5. The summed E-state index contributed by atoms with van der Waals surface area (Å²) in [7, 11) is 4.44. The van der Waals surface area contributed by atoms with Crippen LogP contribution in [-0.2, 0) is 0 Å². The van der Waals surface area contributed by atoms with Crippen LogP contribution in [0.2, 0.25) is 5.02 Å². The minimum absolute atomic E-state index is 0.146. The first-order valence-corrected chi connectivity index (χ1v) is 11.0. The monoisotopic (exact) mass is 477 g/mol. The molecular formula is C23H24ClNO6S. The second-order valence-electron chi connectivity index (χ2n) is 6.83. The lowest BCUT2D eigenvalue weighted by molar-refractivity contribution is 0.104. The van der Waals surface area contributed by atoms with Gasteiger partial charge in [-0.25, -0.2) is 0 Å². The van der Waals surface area contributed by atoms with Crippen LogP contribution < -0.4 is 14.2 Å². The molecule has 1 aromatic heterocycles. The van der Waals surface area contributed by atoms with E-state index >= 15 is 0 Å². The normalized spacial score (nSPS) is 12.6. The first kappa shape index (κ1) is 24.0. The van der Waals surface area contributed by atoms with Gasteiger partial charge in [-0.3, -0.25) is 4.79 Å². The second-order valence-corrected chi connectivity index (χ2v) is 8.33. The van der Waals surface area contributed by atoms with Gasteiger partial charge in [0.1, 0.15) is 0 Å². The van der Waals surface area contributed by atoms with Gasteiger partial charge in [0.25, 0.3) is 0 Å². The smallest absolute Gasteiger partial charge is 0.203 e. The predicted molar refractivity (Wildman–Crippen MR) is 127 cm³/mol. The molecule has 9 heteroatoms. The molecule has 7 nitrogen and oxygen atoms in total. The Hall–Kier alpha value is -2.65. The fourth-order valence-corrected chi connectivity index (χ4v) is 4.26. The zero-order valence-electron chi connectivity index (χ0n) is 17.8. The van der Waals surface area contributed by atoms with Crippen LogP contribution in [0.5, 0.6) is 17.2 Å². The maximum atomic E-state index is 13.5. The van der Waals surface area contributed by atoms with Crippen molar-refractivity contribution in [2.45, 2.75) is 6.10 Å². The number of ketones is 1. The number of nitrogens with one attached hydrogen (secondary N) is 1. The van der Waals surface area contributed by atoms with E-state index in [9.17, 15) is 15.0 Å². The Morgan fingerprint density at radius 2 is 1.84 bits per heavy atom. The number of carbonyl (C=O) groups excluding carboxylic acids is 1. The number of aromatic nitrogens is 1. The molecule has 0 radical (unpaired) electrons. The number of hydrogen-bond acceptors (Lipinski definition) is 7. The highest BCUT2D eigenvalue weighted by molar-refractivity contribution is 8.04. The van der Waals surface area contributed by atoms with Gasteiger partial charge in [0, 0.05) is 39.0 Å². The Balaban J connectivity index is 2.07. The molecule has 3 rings (SSSR count). The number of thioether (sulfide) groups is 1. The van der Waals surface area contributed by atoms with Crippen LogP contribution in [0.15, 0.2) is 41.4 Å². The van der Waals surface area contributed by atoms with E-state index in [2.05, 4.69) is 4.98 Å². The summed E-state index contributed by atoms with van der Waals surface area (Å²) < 4.78 is 16.1. The number of carbonyl (C=O) groups is 1. The number of fused-ring (bicyclic) bond motifs is 1. The van der Waals surface area contributed by atoms with Crippen molar-refractivity contribution >= 4 is 46.1 Å². The molecule has 0 bridgehead atoms. The second kappa shape index (κ2) is 10.8. The van der Waals surface area contributed by atoms with Gasteiger partial charge < -0.3 is 29.4 Å². The van der Waals surface area contributed by atoms with E-state index in [1.54, 1.807) is 36.5 Å². The highest BCUT2D eigenvalue weighted by Gasteiger charge is 2.21. The summed E-state index contributed by atoms with van der Waals surface area (Å²) in [5.41, 5.74) is 1.96. The number of aliphatic hydroxyl groups excluding tert-OH is 2. The number of methoxy groups -OCH3 is 3. The average molecular weight is 478 g/mol. The van der Waals surface area contributed by atoms with Crippen LogP contribution in [0, 0.1) is 0 Å². The number of aliphatic hydroxyl groups is 2. The number of rotatable bonds is 10. The topological polar surface area (TPSA) is 101 Å². The van der Waals surface area contributed by atoms with Gasteiger partial charge in [0.15, 0.2) is 17.3 Å². The molecule has 1 heterocycles. The molecule has 170 valence electrons. The lowest BCUT2D eigenvalue weighted by Gasteiger charge is -2.15. The van der Waals surface area contributed by atoms with Crippen molar-refractivity contribution < 1.29 is 29.2 Å². The minimum atomic E-state index is -0.960. The molecule has 0 aliphatic carbocycles. The van der Waals surface area contributed by atoms with Crippen molar-refractivity contribution in [3.05, 3.63) is 57.6 Å². The van der Waals surface area contributed by atoms with Crippen molar-refractivity contribution in [2.75, 3.05) is 33.7 Å². The van der Waals surface area contributed by atoms with Gasteiger partial charge in [-0.2, -0.15) is 0 Å². The van der Waals surface area contributed by atoms with Gasteiger partial charge in [0.2, 0.25) is 5.75 Å². The van der Waals surface area contributed by atoms with Crippen LogP contribution in [0.1, 0.15) is 15.9 Å². The molecule has 0 aliphatic heterocycles. The molecule has 0 amide bonds. The quantitative estimate of drug-likeness (QED) is 0.298. The molecule has 3 aromatic rings. The van der Waals surface area contributed by atoms with Gasteiger partial charge in [-0.1, -0.05) is 17.7 Å². The number of H-pyrrole nitrogens is 1. The molecule has 32 heavy (non-hydrogen) atoms. The summed E-state index contributed by atoms with van der Waals surface area (Å²) >= 11 is 7.22. The number of Topliss-reactive ketones (excluding diaryl/α,β-unsaturated/α-hetero) is 1. The van der Waals surface area contributed by atoms with E-state index in [0.29, 0.717) is 32.7 Å². The first-order valence-electron chi connectivity index (χ1n) is 9.66. The number of benzene rings is 2. The molecule has 2 aromatic carbocycles. The predicted octanol–water partition coefficient (Wildman–Crippen LogP) is 4.16. The molecule has 3 N–H and O–H groups in total. The average Bonchev–Trinajstić information content (AvgIpc) is 3.21. The summed E-state index contributed by atoms with van der Waals surface area (Å²) in [6.07, 6.45) is 2.57. The SMILES string of the molecule is COc1cc(C(=O)/C(=C/c2c[nH]c3cc(Cl)ccc23)SCC(O)CO)cc(OC)c1OC. The Morgan fingerprint density at radius 1 is 1.16 bits per heavy atom. The van der Waals surface area contributed by atoms with E-state index < -0.39 is 12.7 Å². The van der Waals surface area contributed by atoms with Crippen molar-refractivity contribution in [2.24, 2.45) is 0 Å². The van der Waals surface area contributed by atoms with Crippen LogP contribution in [0.25, 0.3) is 17.0 Å². The van der Waals surface area contributed by atoms with Gasteiger partial charge in [0.05, 0.1) is 38.9 Å². The highest BCUT2D eigenvalue weighted by atomic mass is 35.5. The van der Waals surface area contributed by atoms with Crippen LogP contribution in [-0.4, -0.2) is 60.8 Å². The number of aromatic amines is 1. The van der Waals surface area contributed by atoms with E-state index in [0.717, 1.165) is 28.2 Å². The lowest BCUT2D eigenvalue weighted by atomic mass is 10.1. The standard InChI is InChI=1S/C23H24ClNO6S/c1-29-19-6-13(7-20(30-2)23(19)31-3)22(28)21(32-12-16(27)11-26)8-14-10-25-18-9-15(24)4-5-17(14)18/h4-10,16,25-27H,11-12H2,1-3H3/b21-8-. The van der Waals surface area contributed by atoms with Crippen LogP contribution >= 0.6 is 23.4 Å². The van der Waals surface area contributed by atoms with Crippen molar-refractivity contribution in [1.29, 1.82) is 0 Å². The summed E-state index contributed by atoms with van der Waals surface area (Å²) in [6.45, 7) is -0.399. The highest BCUT2D eigenvalue weighted by Crippen LogP contribution is 2.39. The number of hydrogen-bond donors (Lipinski definition) is 3. The fraction of sp³-hybridized carbons (Fsp3) is 0.261. The molecule has 1 atom stereocenters. The van der Waals surface area contributed by atoms with E-state index in [-0.39, 0.29) is 11.5 Å². The maximum Gasteiger partial charge on any atom is 0.203 e. The largest absolute Gasteiger partial charge is 0.493 e. The Labute approximate surface area is 194 Å². The molecule has 0 fully saturated rings. The van der Waals surface area contributed by atoms with Crippen LogP contribution in [0.3, 0.4) is 0 Å². The number of halogens is 1. The van der Waals surface area contributed by atoms with Crippen molar-refractivity contribution in [1.82, 2.24) is 4.98 Å². The van der Waals surface area contributed by atoms with Gasteiger partial charge >= 0.3 is 0 Å². The van der Waals surface area contributed by atoms with E-state index in [1.165, 1.54) is 21.3 Å². The number of allylic oxidation sites excluding steroid dienone is 1. The third-order valence-electron chi connectivity index (χ3n) is 4.76. The van der Waals surface area contributed by atoms with Crippen molar-refractivity contribution in [3.63, 3.8) is 0 Å². The third kappa shape index (κ3) is 5.21. The van der Waals surface area contributed by atoms with E-state index in [1.807, 2.05) is 6.07 Å². The van der Waals surface area contributed by atoms with Crippen LogP contribution in [0.4, 0.5) is 0 Å². The Morgan fingerprint density at radius 3 is 2.44 bits per heavy atom. The van der Waals surface area contributed by atoms with Crippen molar-refractivity contribution in [3.8, 4) is 17.2 Å². The zero-order chi connectivity index (χ0) is 23.3. The molecule has 0 saturated carbocycles. The third-order valence-corrected chi connectivity index (χ3v) is 6.16. The number of ether oxygens (including phenoxy) is 3. The molecule has 0 aliphatic rings. The summed E-state index contributed by atoms with van der Waals surface area (Å²) in [4.78, 5) is 17.0.